The highest BCUT2D eigenvalue weighted by atomic mass is 32.2. The molecule has 1 atom stereocenters. The minimum absolute atomic E-state index is 0.186. The Morgan fingerprint density at radius 3 is 2.71 bits per heavy atom. The summed E-state index contributed by atoms with van der Waals surface area (Å²) >= 11 is 0. The van der Waals surface area contributed by atoms with Gasteiger partial charge in [-0.05, 0) is 26.8 Å². The molecule has 1 unspecified atom stereocenters. The van der Waals surface area contributed by atoms with Crippen LogP contribution in [0.25, 0.3) is 0 Å². The van der Waals surface area contributed by atoms with Crippen molar-refractivity contribution in [2.45, 2.75) is 32.2 Å². The monoisotopic (exact) mass is 220 g/mol. The summed E-state index contributed by atoms with van der Waals surface area (Å²) in [4.78, 5) is 0. The zero-order valence-corrected chi connectivity index (χ0v) is 9.81. The van der Waals surface area contributed by atoms with Crippen molar-refractivity contribution in [2.75, 3.05) is 25.9 Å². The highest BCUT2D eigenvalue weighted by Crippen LogP contribution is 2.19. The van der Waals surface area contributed by atoms with E-state index in [4.69, 9.17) is 0 Å². The fraction of sp³-hybridized carbons (Fsp3) is 1.00. The maximum Gasteiger partial charge on any atom is 0.215 e. The van der Waals surface area contributed by atoms with E-state index >= 15 is 0 Å². The molecule has 1 aliphatic heterocycles. The number of nitrogens with zero attached hydrogens (tertiary/aromatic N) is 1. The molecule has 0 amide bonds. The van der Waals surface area contributed by atoms with Gasteiger partial charge in [-0.3, -0.25) is 0 Å². The number of piperidine rings is 1. The normalized spacial score (nSPS) is 25.1. The van der Waals surface area contributed by atoms with Gasteiger partial charge in [0.15, 0.2) is 0 Å². The molecule has 4 nitrogen and oxygen atoms in total. The maximum atomic E-state index is 11.8. The van der Waals surface area contributed by atoms with Crippen LogP contribution in [0.4, 0.5) is 0 Å². The third-order valence-electron chi connectivity index (χ3n) is 2.71. The Morgan fingerprint density at radius 2 is 2.14 bits per heavy atom. The second-order valence-corrected chi connectivity index (χ2v) is 5.92. The van der Waals surface area contributed by atoms with Crippen LogP contribution in [0.2, 0.25) is 0 Å². The Kier molecular flexibility index (Phi) is 4.34. The number of rotatable bonds is 4. The summed E-state index contributed by atoms with van der Waals surface area (Å²) < 4.78 is 25.3. The number of sulfonamides is 1. The van der Waals surface area contributed by atoms with Gasteiger partial charge in [0.1, 0.15) is 0 Å². The summed E-state index contributed by atoms with van der Waals surface area (Å²) in [6.07, 6.45) is 3.15. The van der Waals surface area contributed by atoms with Gasteiger partial charge in [-0.2, -0.15) is 4.31 Å². The van der Waals surface area contributed by atoms with Crippen molar-refractivity contribution in [3.05, 3.63) is 0 Å². The van der Waals surface area contributed by atoms with Crippen LogP contribution >= 0.6 is 0 Å². The lowest BCUT2D eigenvalue weighted by atomic mass is 10.1. The molecule has 0 aliphatic carbocycles. The van der Waals surface area contributed by atoms with Crippen LogP contribution < -0.4 is 5.32 Å². The molecule has 0 aromatic carbocycles. The first kappa shape index (κ1) is 11.9. The van der Waals surface area contributed by atoms with Crippen molar-refractivity contribution < 1.29 is 8.42 Å². The van der Waals surface area contributed by atoms with Gasteiger partial charge >= 0.3 is 0 Å². The molecule has 1 heterocycles. The van der Waals surface area contributed by atoms with Crippen molar-refractivity contribution in [1.29, 1.82) is 0 Å². The number of hydrogen-bond acceptors (Lipinski definition) is 3. The molecule has 0 saturated carbocycles. The van der Waals surface area contributed by atoms with Crippen molar-refractivity contribution in [2.24, 2.45) is 0 Å². The molecule has 0 radical (unpaired) electrons. The zero-order chi connectivity index (χ0) is 10.6. The highest BCUT2D eigenvalue weighted by molar-refractivity contribution is 7.89. The SMILES string of the molecule is CNCCS(=O)(=O)N1CCCCC1C. The van der Waals surface area contributed by atoms with Gasteiger partial charge in [-0.25, -0.2) is 8.42 Å². The third-order valence-corrected chi connectivity index (χ3v) is 4.69. The Morgan fingerprint density at radius 1 is 1.43 bits per heavy atom. The molecular weight excluding hydrogens is 200 g/mol. The molecule has 1 fully saturated rings. The van der Waals surface area contributed by atoms with Gasteiger partial charge in [0.25, 0.3) is 0 Å². The van der Waals surface area contributed by atoms with Crippen LogP contribution in [0, 0.1) is 0 Å². The smallest absolute Gasteiger partial charge is 0.215 e. The molecule has 0 spiro atoms. The quantitative estimate of drug-likeness (QED) is 0.746. The summed E-state index contributed by atoms with van der Waals surface area (Å²) in [5.41, 5.74) is 0. The summed E-state index contributed by atoms with van der Waals surface area (Å²) in [5.74, 6) is 0.216. The van der Waals surface area contributed by atoms with Crippen molar-refractivity contribution in [3.8, 4) is 0 Å². The molecule has 1 rings (SSSR count). The first-order chi connectivity index (χ1) is 6.58. The molecule has 84 valence electrons. The van der Waals surface area contributed by atoms with Gasteiger partial charge in [0.2, 0.25) is 10.0 Å². The van der Waals surface area contributed by atoms with Crippen molar-refractivity contribution in [3.63, 3.8) is 0 Å². The molecule has 1 saturated heterocycles. The van der Waals surface area contributed by atoms with E-state index in [2.05, 4.69) is 5.32 Å². The highest BCUT2D eigenvalue weighted by Gasteiger charge is 2.28. The lowest BCUT2D eigenvalue weighted by Crippen LogP contribution is -2.44. The van der Waals surface area contributed by atoms with Crippen LogP contribution in [-0.4, -0.2) is 44.7 Å². The van der Waals surface area contributed by atoms with Crippen LogP contribution in [0.15, 0.2) is 0 Å². The Hall–Kier alpha value is -0.130. The first-order valence-electron chi connectivity index (χ1n) is 5.22. The van der Waals surface area contributed by atoms with E-state index in [1.165, 1.54) is 0 Å². The largest absolute Gasteiger partial charge is 0.319 e. The number of hydrogen-bond donors (Lipinski definition) is 1. The Bertz CT molecular complexity index is 264. The average Bonchev–Trinajstić information content (AvgIpc) is 2.15. The predicted octanol–water partition coefficient (Wildman–Crippen LogP) is 0.410. The second kappa shape index (κ2) is 5.09. The minimum Gasteiger partial charge on any atom is -0.319 e. The zero-order valence-electron chi connectivity index (χ0n) is 8.99. The van der Waals surface area contributed by atoms with Crippen molar-refractivity contribution in [1.82, 2.24) is 9.62 Å². The van der Waals surface area contributed by atoms with E-state index in [-0.39, 0.29) is 11.8 Å². The van der Waals surface area contributed by atoms with Crippen LogP contribution in [0.3, 0.4) is 0 Å². The molecule has 0 bridgehead atoms. The van der Waals surface area contributed by atoms with E-state index in [0.717, 1.165) is 19.3 Å². The lowest BCUT2D eigenvalue weighted by Gasteiger charge is -2.32. The minimum atomic E-state index is -3.02. The van der Waals surface area contributed by atoms with Crippen LogP contribution in [0.1, 0.15) is 26.2 Å². The van der Waals surface area contributed by atoms with Gasteiger partial charge in [-0.1, -0.05) is 6.42 Å². The Labute approximate surface area is 86.7 Å². The summed E-state index contributed by atoms with van der Waals surface area (Å²) in [5, 5.41) is 2.87. The molecule has 0 aromatic heterocycles. The molecule has 0 aromatic rings. The van der Waals surface area contributed by atoms with Gasteiger partial charge in [-0.15, -0.1) is 0 Å². The molecule has 1 aliphatic rings. The van der Waals surface area contributed by atoms with Crippen LogP contribution in [-0.2, 0) is 10.0 Å². The standard InChI is InChI=1S/C9H20N2O2S/c1-9-5-3-4-7-11(9)14(12,13)8-6-10-2/h9-10H,3-8H2,1-2H3. The molecular formula is C9H20N2O2S. The van der Waals surface area contributed by atoms with E-state index in [1.54, 1.807) is 11.4 Å². The summed E-state index contributed by atoms with van der Waals surface area (Å²) in [6.45, 7) is 3.23. The molecule has 5 heteroatoms. The van der Waals surface area contributed by atoms with E-state index < -0.39 is 10.0 Å². The van der Waals surface area contributed by atoms with Crippen molar-refractivity contribution >= 4 is 10.0 Å². The summed E-state index contributed by atoms with van der Waals surface area (Å²) in [6, 6.07) is 0.186. The third kappa shape index (κ3) is 2.93. The van der Waals surface area contributed by atoms with E-state index in [1.807, 2.05) is 6.92 Å². The van der Waals surface area contributed by atoms with Crippen LogP contribution in [0.5, 0.6) is 0 Å². The Balaban J connectivity index is 2.60. The lowest BCUT2D eigenvalue weighted by molar-refractivity contribution is 0.268. The number of nitrogens with one attached hydrogen (secondary N) is 1. The second-order valence-electron chi connectivity index (χ2n) is 3.88. The maximum absolute atomic E-state index is 11.8. The fourth-order valence-electron chi connectivity index (χ4n) is 1.83. The van der Waals surface area contributed by atoms with Gasteiger partial charge in [0.05, 0.1) is 5.75 Å². The first-order valence-corrected chi connectivity index (χ1v) is 6.83. The van der Waals surface area contributed by atoms with Gasteiger partial charge < -0.3 is 5.32 Å². The topological polar surface area (TPSA) is 49.4 Å². The van der Waals surface area contributed by atoms with E-state index in [9.17, 15) is 8.42 Å². The predicted molar refractivity (Wildman–Crippen MR) is 57.7 cm³/mol. The van der Waals surface area contributed by atoms with E-state index in [0.29, 0.717) is 13.1 Å². The molecule has 1 N–H and O–H groups in total. The average molecular weight is 220 g/mol. The summed E-state index contributed by atoms with van der Waals surface area (Å²) in [7, 11) is -1.25. The van der Waals surface area contributed by atoms with Gasteiger partial charge in [0, 0.05) is 19.1 Å². The molecule has 14 heavy (non-hydrogen) atoms. The fourth-order valence-corrected chi connectivity index (χ4v) is 3.59.